The molecule has 2 aromatic rings. The molecule has 0 saturated carbocycles. The van der Waals surface area contributed by atoms with E-state index in [1.807, 2.05) is 6.92 Å². The van der Waals surface area contributed by atoms with Crippen LogP contribution in [0.25, 0.3) is 0 Å². The molecule has 236 valence electrons. The van der Waals surface area contributed by atoms with E-state index in [1.165, 1.54) is 73.1 Å². The number of para-hydroxylation sites is 1. The Morgan fingerprint density at radius 1 is 1.05 bits per heavy atom. The molecule has 0 aliphatic carbocycles. The maximum atomic E-state index is 13.6. The number of carbonyl (C=O) groups excluding carboxylic acids is 4. The van der Waals surface area contributed by atoms with E-state index >= 15 is 0 Å². The Kier molecular flexibility index (Phi) is 12.3. The van der Waals surface area contributed by atoms with Crippen LogP contribution in [0.1, 0.15) is 31.4 Å². The first-order valence-electron chi connectivity index (χ1n) is 13.3. The highest BCUT2D eigenvalue weighted by Gasteiger charge is 2.45. The van der Waals surface area contributed by atoms with E-state index < -0.39 is 45.8 Å². The molecule has 0 radical (unpaired) electrons. The highest BCUT2D eigenvalue weighted by atomic mass is 32.2. The van der Waals surface area contributed by atoms with Gasteiger partial charge in [0.1, 0.15) is 18.5 Å². The van der Waals surface area contributed by atoms with Gasteiger partial charge < -0.3 is 14.4 Å². The van der Waals surface area contributed by atoms with Gasteiger partial charge >= 0.3 is 12.2 Å². The number of rotatable bonds is 11. The molecule has 3 atom stereocenters. The number of nitro groups is 2. The number of likely N-dealkylation sites (tertiary alicyclic amines) is 1. The molecule has 1 saturated heterocycles. The summed E-state index contributed by atoms with van der Waals surface area (Å²) in [4.78, 5) is 73.5. The molecule has 1 unspecified atom stereocenters. The standard InChI is InChI=1S/C27H31N5O10S2/c1-4-43-24(25(34)29(3)28-26(35)41-16-19-7-5-6-8-22(19)32(39)40)23-13-21(44-17(2)33)14-30(23)27(36)42-15-18-9-11-20(12-10-18)31(37)38/h5-12,21,23-24H,4,13-16H2,1-3H3,(H,28,35)/t21-,23+,24?/m1/s1. The Labute approximate surface area is 260 Å². The molecule has 1 aliphatic rings. The fourth-order valence-electron chi connectivity index (χ4n) is 4.48. The van der Waals surface area contributed by atoms with Crippen LogP contribution in [0.4, 0.5) is 21.0 Å². The maximum absolute atomic E-state index is 13.6. The van der Waals surface area contributed by atoms with Crippen LogP contribution < -0.4 is 5.43 Å². The van der Waals surface area contributed by atoms with Crippen molar-refractivity contribution in [2.24, 2.45) is 0 Å². The molecule has 0 spiro atoms. The Hall–Kier alpha value is -4.38. The fourth-order valence-corrected chi connectivity index (χ4v) is 6.62. The molecule has 1 aliphatic heterocycles. The summed E-state index contributed by atoms with van der Waals surface area (Å²) in [6.45, 7) is 2.80. The van der Waals surface area contributed by atoms with Crippen molar-refractivity contribution in [3.05, 3.63) is 79.9 Å². The topological polar surface area (TPSA) is 192 Å². The largest absolute Gasteiger partial charge is 0.445 e. The number of non-ortho nitro benzene ring substituents is 1. The number of nitro benzene ring substituents is 2. The van der Waals surface area contributed by atoms with Crippen molar-refractivity contribution in [2.45, 2.75) is 50.0 Å². The number of amides is 3. The number of nitrogens with one attached hydrogen (secondary N) is 1. The first-order valence-corrected chi connectivity index (χ1v) is 15.2. The number of hydrogen-bond donors (Lipinski definition) is 1. The summed E-state index contributed by atoms with van der Waals surface area (Å²) >= 11 is 2.30. The molecular formula is C27H31N5O10S2. The average Bonchev–Trinajstić information content (AvgIpc) is 3.40. The van der Waals surface area contributed by atoms with Crippen molar-refractivity contribution >= 4 is 58.1 Å². The lowest BCUT2D eigenvalue weighted by atomic mass is 10.1. The van der Waals surface area contributed by atoms with Crippen LogP contribution in [-0.2, 0) is 32.3 Å². The van der Waals surface area contributed by atoms with E-state index in [2.05, 4.69) is 5.43 Å². The molecule has 3 amide bonds. The molecule has 1 N–H and O–H groups in total. The van der Waals surface area contributed by atoms with Gasteiger partial charge in [-0.15, -0.1) is 11.8 Å². The fraction of sp³-hybridized carbons (Fsp3) is 0.407. The third-order valence-electron chi connectivity index (χ3n) is 6.46. The molecule has 2 aromatic carbocycles. The molecule has 1 heterocycles. The summed E-state index contributed by atoms with van der Waals surface area (Å²) in [6, 6.07) is 10.6. The van der Waals surface area contributed by atoms with Gasteiger partial charge in [0, 0.05) is 44.0 Å². The third-order valence-corrected chi connectivity index (χ3v) is 8.67. The van der Waals surface area contributed by atoms with Crippen LogP contribution in [-0.4, -0.2) is 78.9 Å². The van der Waals surface area contributed by atoms with Crippen molar-refractivity contribution in [2.75, 3.05) is 19.3 Å². The van der Waals surface area contributed by atoms with E-state index in [4.69, 9.17) is 9.47 Å². The highest BCUT2D eigenvalue weighted by molar-refractivity contribution is 8.14. The van der Waals surface area contributed by atoms with Crippen LogP contribution in [0.5, 0.6) is 0 Å². The van der Waals surface area contributed by atoms with Crippen LogP contribution in [0.2, 0.25) is 0 Å². The zero-order chi connectivity index (χ0) is 32.4. The van der Waals surface area contributed by atoms with Crippen molar-refractivity contribution in [3.63, 3.8) is 0 Å². The number of hydrazine groups is 1. The third kappa shape index (κ3) is 9.31. The number of thioether (sulfide) groups is 2. The number of ether oxygens (including phenoxy) is 2. The van der Waals surface area contributed by atoms with Crippen LogP contribution in [0.3, 0.4) is 0 Å². The Morgan fingerprint density at radius 2 is 1.73 bits per heavy atom. The van der Waals surface area contributed by atoms with E-state index in [0.29, 0.717) is 17.7 Å². The average molecular weight is 650 g/mol. The summed E-state index contributed by atoms with van der Waals surface area (Å²) in [5.74, 6) is -0.0647. The van der Waals surface area contributed by atoms with Gasteiger partial charge in [0.05, 0.1) is 21.5 Å². The first kappa shape index (κ1) is 34.1. The number of carbonyl (C=O) groups is 4. The molecule has 0 aromatic heterocycles. The van der Waals surface area contributed by atoms with E-state index in [0.717, 1.165) is 16.8 Å². The SMILES string of the molecule is CCSC(C(=O)N(C)NC(=O)OCc1ccccc1[N+](=O)[O-])[C@@H]1C[C@@H](SC(C)=O)CN1C(=O)OCc1ccc([N+](=O)[O-])cc1. The zero-order valence-corrected chi connectivity index (χ0v) is 25.7. The number of nitrogens with zero attached hydrogens (tertiary/aromatic N) is 4. The summed E-state index contributed by atoms with van der Waals surface area (Å²) < 4.78 is 10.6. The zero-order valence-electron chi connectivity index (χ0n) is 24.1. The lowest BCUT2D eigenvalue weighted by molar-refractivity contribution is -0.385. The van der Waals surface area contributed by atoms with Crippen molar-refractivity contribution in [1.29, 1.82) is 0 Å². The van der Waals surface area contributed by atoms with Gasteiger partial charge in [-0.25, -0.2) is 15.0 Å². The van der Waals surface area contributed by atoms with Crippen LogP contribution >= 0.6 is 23.5 Å². The minimum Gasteiger partial charge on any atom is -0.445 e. The Morgan fingerprint density at radius 3 is 2.34 bits per heavy atom. The van der Waals surface area contributed by atoms with Gasteiger partial charge in [0.15, 0.2) is 5.12 Å². The highest BCUT2D eigenvalue weighted by Crippen LogP contribution is 2.35. The van der Waals surface area contributed by atoms with E-state index in [1.54, 1.807) is 6.07 Å². The lowest BCUT2D eigenvalue weighted by Gasteiger charge is -2.32. The second kappa shape index (κ2) is 15.9. The summed E-state index contributed by atoms with van der Waals surface area (Å²) in [5.41, 5.74) is 2.67. The Bertz CT molecular complexity index is 1390. The molecule has 44 heavy (non-hydrogen) atoms. The number of benzene rings is 2. The monoisotopic (exact) mass is 649 g/mol. The smallest absolute Gasteiger partial charge is 0.426 e. The maximum Gasteiger partial charge on any atom is 0.426 e. The first-order chi connectivity index (χ1) is 20.9. The summed E-state index contributed by atoms with van der Waals surface area (Å²) in [6.07, 6.45) is -1.44. The second-order valence-electron chi connectivity index (χ2n) is 9.51. The molecule has 1 fully saturated rings. The Balaban J connectivity index is 1.70. The van der Waals surface area contributed by atoms with Crippen LogP contribution in [0.15, 0.2) is 48.5 Å². The van der Waals surface area contributed by atoms with Crippen molar-refractivity contribution < 1.29 is 38.5 Å². The molecule has 17 heteroatoms. The van der Waals surface area contributed by atoms with Gasteiger partial charge in [-0.1, -0.05) is 30.8 Å². The predicted octanol–water partition coefficient (Wildman–Crippen LogP) is 4.28. The molecular weight excluding hydrogens is 618 g/mol. The summed E-state index contributed by atoms with van der Waals surface area (Å²) in [5, 5.41) is 21.7. The molecule has 0 bridgehead atoms. The van der Waals surface area contributed by atoms with Crippen molar-refractivity contribution in [1.82, 2.24) is 15.3 Å². The van der Waals surface area contributed by atoms with Gasteiger partial charge in [0.2, 0.25) is 0 Å². The normalized spacial score (nSPS) is 16.5. The molecule has 15 nitrogen and oxygen atoms in total. The minimum absolute atomic E-state index is 0.107. The lowest BCUT2D eigenvalue weighted by Crippen LogP contribution is -2.53. The second-order valence-corrected chi connectivity index (χ2v) is 12.4. The van der Waals surface area contributed by atoms with Crippen LogP contribution in [0, 0.1) is 20.2 Å². The molecule has 3 rings (SSSR count). The van der Waals surface area contributed by atoms with E-state index in [9.17, 15) is 39.4 Å². The predicted molar refractivity (Wildman–Crippen MR) is 162 cm³/mol. The van der Waals surface area contributed by atoms with E-state index in [-0.39, 0.29) is 40.5 Å². The number of hydrogen-bond acceptors (Lipinski definition) is 12. The quantitative estimate of drug-likeness (QED) is 0.269. The van der Waals surface area contributed by atoms with Crippen molar-refractivity contribution in [3.8, 4) is 0 Å². The van der Waals surface area contributed by atoms with Gasteiger partial charge in [-0.2, -0.15) is 0 Å². The van der Waals surface area contributed by atoms with Gasteiger partial charge in [-0.05, 0) is 35.9 Å². The minimum atomic E-state index is -1.02. The van der Waals surface area contributed by atoms with Gasteiger partial charge in [0.25, 0.3) is 17.3 Å². The summed E-state index contributed by atoms with van der Waals surface area (Å²) in [7, 11) is 1.31. The van der Waals surface area contributed by atoms with Gasteiger partial charge in [-0.3, -0.25) is 34.8 Å².